The van der Waals surface area contributed by atoms with Crippen LogP contribution in [0.25, 0.3) is 0 Å². The first-order valence-corrected chi connectivity index (χ1v) is 6.96. The molecule has 0 spiro atoms. The lowest BCUT2D eigenvalue weighted by Gasteiger charge is -2.25. The van der Waals surface area contributed by atoms with Gasteiger partial charge in [0.25, 0.3) is 0 Å². The lowest BCUT2D eigenvalue weighted by atomic mass is 10.2. The molecule has 1 aromatic heterocycles. The van der Waals surface area contributed by atoms with Crippen molar-refractivity contribution in [2.24, 2.45) is 0 Å². The highest BCUT2D eigenvalue weighted by atomic mass is 19.4. The third-order valence-corrected chi connectivity index (χ3v) is 2.90. The highest BCUT2D eigenvalue weighted by Gasteiger charge is 2.31. The molecule has 0 aliphatic carbocycles. The number of aryl methyl sites for hydroxylation is 1. The molecule has 0 saturated heterocycles. The lowest BCUT2D eigenvalue weighted by molar-refractivity contribution is -0.120. The standard InChI is InChI=1S/C14H22F3N3O/c1-3-4-18-8-12-7-11(2)13(19-9-12)20(5-6-21)10-14(15,16)17/h7,9,18,21H,3-6,8,10H2,1-2H3. The number of anilines is 1. The van der Waals surface area contributed by atoms with Crippen LogP contribution in [0.3, 0.4) is 0 Å². The van der Waals surface area contributed by atoms with E-state index in [9.17, 15) is 13.2 Å². The monoisotopic (exact) mass is 305 g/mol. The van der Waals surface area contributed by atoms with E-state index in [1.54, 1.807) is 13.1 Å². The van der Waals surface area contributed by atoms with Crippen LogP contribution in [0.4, 0.5) is 19.0 Å². The van der Waals surface area contributed by atoms with Crippen LogP contribution < -0.4 is 10.2 Å². The van der Waals surface area contributed by atoms with Gasteiger partial charge in [-0.25, -0.2) is 4.98 Å². The minimum absolute atomic E-state index is 0.0964. The van der Waals surface area contributed by atoms with Gasteiger partial charge in [-0.3, -0.25) is 0 Å². The third kappa shape index (κ3) is 6.31. The van der Waals surface area contributed by atoms with Crippen LogP contribution in [0, 0.1) is 6.92 Å². The number of hydrogen-bond donors (Lipinski definition) is 2. The Morgan fingerprint density at radius 2 is 2.10 bits per heavy atom. The predicted molar refractivity (Wildman–Crippen MR) is 76.3 cm³/mol. The fraction of sp³-hybridized carbons (Fsp3) is 0.643. The summed E-state index contributed by atoms with van der Waals surface area (Å²) in [4.78, 5) is 5.19. The molecule has 0 unspecified atom stereocenters. The molecule has 0 fully saturated rings. The summed E-state index contributed by atoms with van der Waals surface area (Å²) in [5.41, 5.74) is 1.60. The van der Waals surface area contributed by atoms with E-state index in [-0.39, 0.29) is 19.0 Å². The number of alkyl halides is 3. The molecule has 120 valence electrons. The summed E-state index contributed by atoms with van der Waals surface area (Å²) in [5.74, 6) is 0.264. The fourth-order valence-corrected chi connectivity index (χ4v) is 2.06. The quantitative estimate of drug-likeness (QED) is 0.723. The Balaban J connectivity index is 2.84. The van der Waals surface area contributed by atoms with Gasteiger partial charge in [0.1, 0.15) is 12.4 Å². The maximum absolute atomic E-state index is 12.6. The van der Waals surface area contributed by atoms with Gasteiger partial charge in [-0.1, -0.05) is 6.92 Å². The van der Waals surface area contributed by atoms with E-state index < -0.39 is 12.7 Å². The zero-order chi connectivity index (χ0) is 15.9. The lowest BCUT2D eigenvalue weighted by Crippen LogP contribution is -2.37. The van der Waals surface area contributed by atoms with Gasteiger partial charge in [-0.05, 0) is 37.1 Å². The van der Waals surface area contributed by atoms with Gasteiger partial charge < -0.3 is 15.3 Å². The molecule has 21 heavy (non-hydrogen) atoms. The van der Waals surface area contributed by atoms with Crippen molar-refractivity contribution in [3.63, 3.8) is 0 Å². The van der Waals surface area contributed by atoms with E-state index >= 15 is 0 Å². The van der Waals surface area contributed by atoms with Crippen LogP contribution in [0.2, 0.25) is 0 Å². The highest BCUT2D eigenvalue weighted by Crippen LogP contribution is 2.23. The van der Waals surface area contributed by atoms with Gasteiger partial charge in [0.15, 0.2) is 0 Å². The van der Waals surface area contributed by atoms with E-state index in [0.717, 1.165) is 23.4 Å². The molecular weight excluding hydrogens is 283 g/mol. The Bertz CT molecular complexity index is 438. The molecule has 7 heteroatoms. The van der Waals surface area contributed by atoms with Gasteiger partial charge >= 0.3 is 6.18 Å². The molecule has 4 nitrogen and oxygen atoms in total. The Labute approximate surface area is 123 Å². The van der Waals surface area contributed by atoms with E-state index in [4.69, 9.17) is 5.11 Å². The second-order valence-electron chi connectivity index (χ2n) is 4.92. The second-order valence-corrected chi connectivity index (χ2v) is 4.92. The zero-order valence-corrected chi connectivity index (χ0v) is 12.4. The number of nitrogens with one attached hydrogen (secondary N) is 1. The van der Waals surface area contributed by atoms with Gasteiger partial charge in [0, 0.05) is 19.3 Å². The molecular formula is C14H22F3N3O. The minimum Gasteiger partial charge on any atom is -0.395 e. The summed E-state index contributed by atoms with van der Waals surface area (Å²) in [6.45, 7) is 3.75. The van der Waals surface area contributed by atoms with Crippen LogP contribution >= 0.6 is 0 Å². The maximum Gasteiger partial charge on any atom is 0.405 e. The third-order valence-electron chi connectivity index (χ3n) is 2.90. The van der Waals surface area contributed by atoms with E-state index in [1.807, 2.05) is 6.07 Å². The number of pyridine rings is 1. The minimum atomic E-state index is -4.33. The topological polar surface area (TPSA) is 48.4 Å². The molecule has 0 aromatic carbocycles. The first kappa shape index (κ1) is 17.7. The number of hydrogen-bond acceptors (Lipinski definition) is 4. The smallest absolute Gasteiger partial charge is 0.395 e. The summed E-state index contributed by atoms with van der Waals surface area (Å²) < 4.78 is 37.7. The van der Waals surface area contributed by atoms with Crippen LogP contribution in [0.1, 0.15) is 24.5 Å². The molecule has 0 radical (unpaired) electrons. The fourth-order valence-electron chi connectivity index (χ4n) is 2.06. The van der Waals surface area contributed by atoms with Crippen LogP contribution in [0.15, 0.2) is 12.3 Å². The molecule has 0 aliphatic rings. The number of nitrogens with zero attached hydrogens (tertiary/aromatic N) is 2. The van der Waals surface area contributed by atoms with Gasteiger partial charge in [0.2, 0.25) is 0 Å². The first-order valence-electron chi connectivity index (χ1n) is 6.96. The first-order chi connectivity index (χ1) is 9.87. The molecule has 0 atom stereocenters. The van der Waals surface area contributed by atoms with Gasteiger partial charge in [0.05, 0.1) is 6.61 Å². The average molecular weight is 305 g/mol. The normalized spacial score (nSPS) is 11.7. The van der Waals surface area contributed by atoms with Crippen molar-refractivity contribution in [2.75, 3.05) is 31.1 Å². The van der Waals surface area contributed by atoms with Crippen molar-refractivity contribution in [1.29, 1.82) is 0 Å². The van der Waals surface area contributed by atoms with E-state index in [1.165, 1.54) is 0 Å². The van der Waals surface area contributed by atoms with Crippen LogP contribution in [-0.4, -0.2) is 42.5 Å². The molecule has 0 bridgehead atoms. The van der Waals surface area contributed by atoms with Crippen LogP contribution in [-0.2, 0) is 6.54 Å². The van der Waals surface area contributed by atoms with E-state index in [0.29, 0.717) is 12.1 Å². The van der Waals surface area contributed by atoms with Crippen molar-refractivity contribution in [2.45, 2.75) is 33.0 Å². The Hall–Kier alpha value is -1.34. The molecule has 0 aliphatic heterocycles. The van der Waals surface area contributed by atoms with Gasteiger partial charge in [-0.15, -0.1) is 0 Å². The van der Waals surface area contributed by atoms with Crippen LogP contribution in [0.5, 0.6) is 0 Å². The zero-order valence-electron chi connectivity index (χ0n) is 12.4. The molecule has 1 aromatic rings. The summed E-state index contributed by atoms with van der Waals surface area (Å²) >= 11 is 0. The molecule has 0 amide bonds. The van der Waals surface area contributed by atoms with Gasteiger partial charge in [-0.2, -0.15) is 13.2 Å². The van der Waals surface area contributed by atoms with Crippen molar-refractivity contribution < 1.29 is 18.3 Å². The molecule has 2 N–H and O–H groups in total. The summed E-state index contributed by atoms with van der Waals surface area (Å²) in [7, 11) is 0. The number of aliphatic hydroxyl groups is 1. The van der Waals surface area contributed by atoms with Crippen molar-refractivity contribution >= 4 is 5.82 Å². The summed E-state index contributed by atoms with van der Waals surface area (Å²) in [6.07, 6.45) is -1.74. The molecule has 0 saturated carbocycles. The predicted octanol–water partition coefficient (Wildman–Crippen LogP) is 2.25. The van der Waals surface area contributed by atoms with Crippen molar-refractivity contribution in [1.82, 2.24) is 10.3 Å². The highest BCUT2D eigenvalue weighted by molar-refractivity contribution is 5.47. The van der Waals surface area contributed by atoms with Crippen molar-refractivity contribution in [3.05, 3.63) is 23.4 Å². The Morgan fingerprint density at radius 1 is 1.38 bits per heavy atom. The number of aliphatic hydroxyl groups excluding tert-OH is 1. The largest absolute Gasteiger partial charge is 0.405 e. The van der Waals surface area contributed by atoms with E-state index in [2.05, 4.69) is 17.2 Å². The Kier molecular flexibility index (Phi) is 6.91. The summed E-state index contributed by atoms with van der Waals surface area (Å²) in [6, 6.07) is 1.83. The average Bonchev–Trinajstić information content (AvgIpc) is 2.37. The maximum atomic E-state index is 12.6. The summed E-state index contributed by atoms with van der Waals surface area (Å²) in [5, 5.41) is 12.2. The number of aromatic nitrogens is 1. The van der Waals surface area contributed by atoms with Crippen molar-refractivity contribution in [3.8, 4) is 0 Å². The second kappa shape index (κ2) is 8.19. The molecule has 1 heterocycles. The number of rotatable bonds is 8. The number of halogens is 3. The Morgan fingerprint density at radius 3 is 2.62 bits per heavy atom. The SMILES string of the molecule is CCCNCc1cnc(N(CCO)CC(F)(F)F)c(C)c1. The molecule has 1 rings (SSSR count).